The van der Waals surface area contributed by atoms with Gasteiger partial charge in [0.25, 0.3) is 17.7 Å². The number of rotatable bonds is 5. The summed E-state index contributed by atoms with van der Waals surface area (Å²) in [4.78, 5) is 28.1. The first-order chi connectivity index (χ1) is 12.5. The van der Waals surface area contributed by atoms with Crippen molar-refractivity contribution in [3.05, 3.63) is 47.9 Å². The Morgan fingerprint density at radius 3 is 2.73 bits per heavy atom. The zero-order valence-electron chi connectivity index (χ0n) is 14.1. The van der Waals surface area contributed by atoms with Crippen molar-refractivity contribution < 1.29 is 23.6 Å². The summed E-state index contributed by atoms with van der Waals surface area (Å²) in [6.45, 7) is 1.38. The number of hydrogen-bond acceptors (Lipinski definition) is 7. The fraction of sp³-hybridized carbons (Fsp3) is 0.176. The largest absolute Gasteiger partial charge is 0.497 e. The molecule has 0 unspecified atom stereocenters. The molecule has 0 aliphatic carbocycles. The molecule has 0 spiro atoms. The molecule has 9 heteroatoms. The molecule has 2 N–H and O–H groups in total. The Bertz CT molecular complexity index is 953. The highest BCUT2D eigenvalue weighted by Crippen LogP contribution is 2.19. The molecule has 26 heavy (non-hydrogen) atoms. The molecule has 0 bridgehead atoms. The minimum absolute atomic E-state index is 0.163. The summed E-state index contributed by atoms with van der Waals surface area (Å²) in [5, 5.41) is 4.42. The van der Waals surface area contributed by atoms with Crippen LogP contribution in [0.3, 0.4) is 0 Å². The number of fused-ring (bicyclic) bond motifs is 1. The van der Waals surface area contributed by atoms with Gasteiger partial charge in [-0.2, -0.15) is 0 Å². The molecule has 0 fully saturated rings. The molecule has 1 aromatic carbocycles. The number of aromatic nitrogens is 2. The van der Waals surface area contributed by atoms with Crippen LogP contribution in [0.15, 0.2) is 40.9 Å². The van der Waals surface area contributed by atoms with Gasteiger partial charge in [-0.3, -0.25) is 20.4 Å². The zero-order valence-corrected chi connectivity index (χ0v) is 14.1. The number of nitrogens with zero attached hydrogens (tertiary/aromatic N) is 2. The maximum absolute atomic E-state index is 12.1. The normalized spacial score (nSPS) is 10.4. The van der Waals surface area contributed by atoms with Gasteiger partial charge >= 0.3 is 0 Å². The van der Waals surface area contributed by atoms with Crippen molar-refractivity contribution >= 4 is 22.7 Å². The van der Waals surface area contributed by atoms with Crippen molar-refractivity contribution in [3.8, 4) is 11.6 Å². The first-order valence-electron chi connectivity index (χ1n) is 7.65. The third kappa shape index (κ3) is 4.07. The second-order valence-corrected chi connectivity index (χ2v) is 5.32. The maximum atomic E-state index is 12.1. The lowest BCUT2D eigenvalue weighted by atomic mass is 10.2. The average molecular weight is 356 g/mol. The summed E-state index contributed by atoms with van der Waals surface area (Å²) >= 11 is 0. The van der Waals surface area contributed by atoms with E-state index < -0.39 is 11.8 Å². The first kappa shape index (κ1) is 17.2. The van der Waals surface area contributed by atoms with Crippen molar-refractivity contribution in [2.45, 2.75) is 6.92 Å². The number of carbonyl (C=O) groups is 2. The lowest BCUT2D eigenvalue weighted by Crippen LogP contribution is -2.44. The monoisotopic (exact) mass is 356 g/mol. The van der Waals surface area contributed by atoms with E-state index in [1.807, 2.05) is 6.07 Å². The molecule has 3 aromatic rings. The molecule has 0 radical (unpaired) electrons. The van der Waals surface area contributed by atoms with Crippen LogP contribution >= 0.6 is 0 Å². The Balaban J connectivity index is 1.55. The lowest BCUT2D eigenvalue weighted by Gasteiger charge is -2.08. The van der Waals surface area contributed by atoms with Crippen LogP contribution in [0.1, 0.15) is 16.2 Å². The van der Waals surface area contributed by atoms with Crippen LogP contribution in [-0.2, 0) is 4.79 Å². The zero-order chi connectivity index (χ0) is 18.5. The summed E-state index contributed by atoms with van der Waals surface area (Å²) in [6, 6.07) is 10.2. The maximum Gasteiger partial charge on any atom is 0.288 e. The van der Waals surface area contributed by atoms with Crippen molar-refractivity contribution in [2.24, 2.45) is 0 Å². The van der Waals surface area contributed by atoms with Gasteiger partial charge < -0.3 is 14.0 Å². The van der Waals surface area contributed by atoms with Gasteiger partial charge in [0.05, 0.1) is 12.6 Å². The Morgan fingerprint density at radius 1 is 1.15 bits per heavy atom. The molecule has 3 rings (SSSR count). The Kier molecular flexibility index (Phi) is 4.97. The standard InChI is InChI=1S/C17H16N4O5/c1-10-7-16(21-26-10)25-9-15(22)19-20-17(23)14-5-3-11-8-12(24-2)4-6-13(11)18-14/h3-8H,9H2,1-2H3,(H,19,22)(H,20,23). The first-order valence-corrected chi connectivity index (χ1v) is 7.65. The predicted octanol–water partition coefficient (Wildman–Crippen LogP) is 1.38. The molecule has 0 atom stereocenters. The topological polar surface area (TPSA) is 116 Å². The highest BCUT2D eigenvalue weighted by atomic mass is 16.5. The van der Waals surface area contributed by atoms with Crippen LogP contribution in [0.25, 0.3) is 10.9 Å². The molecular formula is C17H16N4O5. The Labute approximate surface area is 148 Å². The van der Waals surface area contributed by atoms with Crippen LogP contribution in [0.2, 0.25) is 0 Å². The molecule has 9 nitrogen and oxygen atoms in total. The van der Waals surface area contributed by atoms with Gasteiger partial charge in [0.15, 0.2) is 6.61 Å². The van der Waals surface area contributed by atoms with Crippen molar-refractivity contribution in [3.63, 3.8) is 0 Å². The minimum atomic E-state index is -0.551. The predicted molar refractivity (Wildman–Crippen MR) is 90.6 cm³/mol. The van der Waals surface area contributed by atoms with E-state index >= 15 is 0 Å². The number of nitrogens with one attached hydrogen (secondary N) is 2. The van der Waals surface area contributed by atoms with E-state index in [0.717, 1.165) is 5.39 Å². The smallest absolute Gasteiger partial charge is 0.288 e. The highest BCUT2D eigenvalue weighted by Gasteiger charge is 2.11. The van der Waals surface area contributed by atoms with Gasteiger partial charge in [-0.15, -0.1) is 0 Å². The van der Waals surface area contributed by atoms with Crippen molar-refractivity contribution in [1.29, 1.82) is 0 Å². The van der Waals surface area contributed by atoms with E-state index in [1.165, 1.54) is 0 Å². The summed E-state index contributed by atoms with van der Waals surface area (Å²) in [5.41, 5.74) is 5.32. The molecule has 0 aliphatic heterocycles. The highest BCUT2D eigenvalue weighted by molar-refractivity contribution is 5.96. The van der Waals surface area contributed by atoms with Crippen molar-refractivity contribution in [2.75, 3.05) is 13.7 Å². The van der Waals surface area contributed by atoms with Crippen molar-refractivity contribution in [1.82, 2.24) is 21.0 Å². The Hall–Kier alpha value is -3.62. The van der Waals surface area contributed by atoms with E-state index in [-0.39, 0.29) is 18.2 Å². The second-order valence-electron chi connectivity index (χ2n) is 5.32. The van der Waals surface area contributed by atoms with Crippen LogP contribution < -0.4 is 20.3 Å². The van der Waals surface area contributed by atoms with Gasteiger partial charge in [-0.05, 0) is 36.3 Å². The molecular weight excluding hydrogens is 340 g/mol. The number of ether oxygens (including phenoxy) is 2. The Morgan fingerprint density at radius 2 is 2.00 bits per heavy atom. The van der Waals surface area contributed by atoms with Gasteiger partial charge in [0.2, 0.25) is 0 Å². The summed E-state index contributed by atoms with van der Waals surface area (Å²) in [6.07, 6.45) is 0. The van der Waals surface area contributed by atoms with Gasteiger partial charge in [-0.25, -0.2) is 4.98 Å². The van der Waals surface area contributed by atoms with Crippen LogP contribution in [-0.4, -0.2) is 35.7 Å². The fourth-order valence-electron chi connectivity index (χ4n) is 2.13. The van der Waals surface area contributed by atoms with E-state index in [1.54, 1.807) is 44.4 Å². The van der Waals surface area contributed by atoms with E-state index in [4.69, 9.17) is 14.0 Å². The van der Waals surface area contributed by atoms with E-state index in [9.17, 15) is 9.59 Å². The summed E-state index contributed by atoms with van der Waals surface area (Å²) in [5.74, 6) is 0.355. The number of hydrazine groups is 1. The molecule has 2 aromatic heterocycles. The number of hydrogen-bond donors (Lipinski definition) is 2. The molecule has 2 amide bonds. The summed E-state index contributed by atoms with van der Waals surface area (Å²) in [7, 11) is 1.58. The van der Waals surface area contributed by atoms with Crippen LogP contribution in [0.5, 0.6) is 11.6 Å². The number of amides is 2. The fourth-order valence-corrected chi connectivity index (χ4v) is 2.13. The SMILES string of the molecule is COc1ccc2nc(C(=O)NNC(=O)COc3cc(C)on3)ccc2c1. The number of methoxy groups -OCH3 is 1. The molecule has 2 heterocycles. The van der Waals surface area contributed by atoms with Gasteiger partial charge in [0.1, 0.15) is 17.2 Å². The van der Waals surface area contributed by atoms with Gasteiger partial charge in [-0.1, -0.05) is 6.07 Å². The van der Waals surface area contributed by atoms with E-state index in [0.29, 0.717) is 17.0 Å². The third-order valence-corrected chi connectivity index (χ3v) is 3.40. The number of pyridine rings is 1. The average Bonchev–Trinajstić information content (AvgIpc) is 3.08. The lowest BCUT2D eigenvalue weighted by molar-refractivity contribution is -0.123. The van der Waals surface area contributed by atoms with Crippen LogP contribution in [0, 0.1) is 6.92 Å². The second kappa shape index (κ2) is 7.51. The third-order valence-electron chi connectivity index (χ3n) is 3.40. The molecule has 134 valence electrons. The molecule has 0 aliphatic rings. The van der Waals surface area contributed by atoms with Gasteiger partial charge in [0, 0.05) is 11.5 Å². The van der Waals surface area contributed by atoms with E-state index in [2.05, 4.69) is 21.0 Å². The number of aryl methyl sites for hydroxylation is 1. The van der Waals surface area contributed by atoms with Crippen LogP contribution in [0.4, 0.5) is 0 Å². The minimum Gasteiger partial charge on any atom is -0.497 e. The molecule has 0 saturated carbocycles. The summed E-state index contributed by atoms with van der Waals surface area (Å²) < 4.78 is 15.1. The quantitative estimate of drug-likeness (QED) is 0.664. The number of carbonyl (C=O) groups excluding carboxylic acids is 2. The molecule has 0 saturated heterocycles. The number of benzene rings is 1.